The minimum absolute atomic E-state index is 0.0133. The molecule has 0 saturated heterocycles. The quantitative estimate of drug-likeness (QED) is 0.435. The van der Waals surface area contributed by atoms with Gasteiger partial charge < -0.3 is 14.6 Å². The van der Waals surface area contributed by atoms with E-state index in [1.54, 1.807) is 18.4 Å². The molecular weight excluding hydrogens is 418 g/mol. The van der Waals surface area contributed by atoms with E-state index in [9.17, 15) is 4.79 Å². The fourth-order valence-corrected chi connectivity index (χ4v) is 4.86. The molecule has 32 heavy (non-hydrogen) atoms. The first-order valence-corrected chi connectivity index (χ1v) is 12.1. The van der Waals surface area contributed by atoms with Crippen LogP contribution in [-0.4, -0.2) is 29.1 Å². The summed E-state index contributed by atoms with van der Waals surface area (Å²) in [5.41, 5.74) is 6.18. The Kier molecular flexibility index (Phi) is 7.10. The summed E-state index contributed by atoms with van der Waals surface area (Å²) in [6.07, 6.45) is 8.18. The van der Waals surface area contributed by atoms with Crippen molar-refractivity contribution in [2.45, 2.75) is 52.5 Å². The second-order valence-electron chi connectivity index (χ2n) is 8.33. The average Bonchev–Trinajstić information content (AvgIpc) is 3.38. The molecule has 0 bridgehead atoms. The van der Waals surface area contributed by atoms with Gasteiger partial charge >= 0.3 is 0 Å². The fraction of sp³-hybridized carbons (Fsp3) is 0.385. The number of allylic oxidation sites excluding steroid dienone is 1. The molecule has 0 atom stereocenters. The summed E-state index contributed by atoms with van der Waals surface area (Å²) in [6.45, 7) is 5.37. The predicted octanol–water partition coefficient (Wildman–Crippen LogP) is 5.91. The highest BCUT2D eigenvalue weighted by molar-refractivity contribution is 7.09. The summed E-state index contributed by atoms with van der Waals surface area (Å²) in [6, 6.07) is 10.0. The van der Waals surface area contributed by atoms with E-state index >= 15 is 0 Å². The third-order valence-corrected chi connectivity index (χ3v) is 6.88. The maximum absolute atomic E-state index is 13.1. The first-order chi connectivity index (χ1) is 15.5. The smallest absolute Gasteiger partial charge is 0.253 e. The zero-order valence-electron chi connectivity index (χ0n) is 19.1. The summed E-state index contributed by atoms with van der Waals surface area (Å²) in [7, 11) is 1.67. The molecule has 0 fully saturated rings. The number of benzene rings is 1. The standard InChI is InChI=1S/C26H31N3O2S/c1-18-23(26(30)27-14-13-20-7-5-4-6-8-20)15-25(24-17-32-19(2)28-24)29(18)16-21-9-11-22(31-3)12-10-21/h7,9-12,15,17H,4-6,8,13-14,16H2,1-3H3,(H,27,30). The normalized spacial score (nSPS) is 13.7. The third-order valence-electron chi connectivity index (χ3n) is 6.11. The van der Waals surface area contributed by atoms with Gasteiger partial charge in [0.15, 0.2) is 0 Å². The SMILES string of the molecule is COc1ccc(Cn2c(-c3csc(C)n3)cc(C(=O)NCCC3=CCCCC3)c2C)cc1. The van der Waals surface area contributed by atoms with Crippen molar-refractivity contribution in [3.8, 4) is 17.1 Å². The van der Waals surface area contributed by atoms with Gasteiger partial charge in [0.2, 0.25) is 0 Å². The second kappa shape index (κ2) is 10.2. The zero-order valence-corrected chi connectivity index (χ0v) is 19.9. The van der Waals surface area contributed by atoms with E-state index in [0.717, 1.165) is 45.4 Å². The maximum atomic E-state index is 13.1. The summed E-state index contributed by atoms with van der Waals surface area (Å²) in [5, 5.41) is 6.21. The molecule has 1 aromatic carbocycles. The molecule has 0 saturated carbocycles. The predicted molar refractivity (Wildman–Crippen MR) is 131 cm³/mol. The van der Waals surface area contributed by atoms with Crippen LogP contribution in [-0.2, 0) is 6.54 Å². The largest absolute Gasteiger partial charge is 0.497 e. The number of ether oxygens (including phenoxy) is 1. The van der Waals surface area contributed by atoms with Crippen LogP contribution < -0.4 is 10.1 Å². The first-order valence-electron chi connectivity index (χ1n) is 11.3. The van der Waals surface area contributed by atoms with Gasteiger partial charge in [-0.2, -0.15) is 0 Å². The van der Waals surface area contributed by atoms with Crippen molar-refractivity contribution in [2.75, 3.05) is 13.7 Å². The number of carbonyl (C=O) groups is 1. The summed E-state index contributed by atoms with van der Waals surface area (Å²) in [4.78, 5) is 17.8. The van der Waals surface area contributed by atoms with Gasteiger partial charge in [-0.05, 0) is 69.7 Å². The molecule has 5 nitrogen and oxygen atoms in total. The van der Waals surface area contributed by atoms with Crippen molar-refractivity contribution in [3.63, 3.8) is 0 Å². The Balaban J connectivity index is 1.56. The third kappa shape index (κ3) is 5.13. The molecule has 0 aliphatic heterocycles. The molecule has 1 aliphatic carbocycles. The topological polar surface area (TPSA) is 56.2 Å². The van der Waals surface area contributed by atoms with Crippen molar-refractivity contribution in [2.24, 2.45) is 0 Å². The highest BCUT2D eigenvalue weighted by Crippen LogP contribution is 2.28. The van der Waals surface area contributed by atoms with Gasteiger partial charge in [-0.3, -0.25) is 4.79 Å². The maximum Gasteiger partial charge on any atom is 0.253 e. The second-order valence-corrected chi connectivity index (χ2v) is 9.39. The zero-order chi connectivity index (χ0) is 22.5. The Morgan fingerprint density at radius 2 is 2.03 bits per heavy atom. The Labute approximate surface area is 194 Å². The molecule has 0 unspecified atom stereocenters. The summed E-state index contributed by atoms with van der Waals surface area (Å²) in [5.74, 6) is 0.821. The lowest BCUT2D eigenvalue weighted by molar-refractivity contribution is 0.0953. The molecule has 2 aromatic heterocycles. The number of thiazole rings is 1. The number of nitrogens with zero attached hydrogens (tertiary/aromatic N) is 2. The minimum Gasteiger partial charge on any atom is -0.497 e. The van der Waals surface area contributed by atoms with Gasteiger partial charge in [-0.15, -0.1) is 11.3 Å². The Bertz CT molecular complexity index is 1110. The van der Waals surface area contributed by atoms with Gasteiger partial charge in [-0.25, -0.2) is 4.98 Å². The van der Waals surface area contributed by atoms with E-state index in [2.05, 4.69) is 38.5 Å². The fourth-order valence-electron chi connectivity index (χ4n) is 4.25. The number of methoxy groups -OCH3 is 1. The summed E-state index contributed by atoms with van der Waals surface area (Å²) >= 11 is 1.62. The van der Waals surface area contributed by atoms with Crippen LogP contribution in [0.2, 0.25) is 0 Å². The molecule has 0 radical (unpaired) electrons. The van der Waals surface area contributed by atoms with Crippen LogP contribution in [0.1, 0.15) is 58.7 Å². The van der Waals surface area contributed by atoms with Crippen molar-refractivity contribution in [3.05, 3.63) is 69.2 Å². The van der Waals surface area contributed by atoms with Crippen LogP contribution in [0.3, 0.4) is 0 Å². The molecule has 6 heteroatoms. The lowest BCUT2D eigenvalue weighted by Gasteiger charge is -2.13. The Morgan fingerprint density at radius 3 is 2.69 bits per heavy atom. The Hall–Kier alpha value is -2.86. The monoisotopic (exact) mass is 449 g/mol. The van der Waals surface area contributed by atoms with Gasteiger partial charge in [0.05, 0.1) is 29.1 Å². The van der Waals surface area contributed by atoms with Gasteiger partial charge in [0.1, 0.15) is 5.75 Å². The molecule has 3 aromatic rings. The van der Waals surface area contributed by atoms with Crippen molar-refractivity contribution in [1.29, 1.82) is 0 Å². The van der Waals surface area contributed by atoms with Gasteiger partial charge in [0, 0.05) is 24.2 Å². The van der Waals surface area contributed by atoms with Gasteiger partial charge in [0.25, 0.3) is 5.91 Å². The molecule has 1 N–H and O–H groups in total. The number of aromatic nitrogens is 2. The van der Waals surface area contributed by atoms with Crippen molar-refractivity contribution < 1.29 is 9.53 Å². The van der Waals surface area contributed by atoms with Crippen LogP contribution in [0.15, 0.2) is 47.4 Å². The van der Waals surface area contributed by atoms with E-state index < -0.39 is 0 Å². The molecular formula is C26H31N3O2S. The van der Waals surface area contributed by atoms with E-state index in [4.69, 9.17) is 4.74 Å². The van der Waals surface area contributed by atoms with E-state index in [1.807, 2.05) is 32.0 Å². The van der Waals surface area contributed by atoms with E-state index in [1.165, 1.54) is 31.3 Å². The number of rotatable bonds is 8. The van der Waals surface area contributed by atoms with E-state index in [-0.39, 0.29) is 5.91 Å². The van der Waals surface area contributed by atoms with Crippen LogP contribution in [0.25, 0.3) is 11.4 Å². The highest BCUT2D eigenvalue weighted by atomic mass is 32.1. The molecule has 4 rings (SSSR count). The Morgan fingerprint density at radius 1 is 1.22 bits per heavy atom. The van der Waals surface area contributed by atoms with Crippen LogP contribution in [0.5, 0.6) is 5.75 Å². The lowest BCUT2D eigenvalue weighted by Crippen LogP contribution is -2.25. The number of hydrogen-bond acceptors (Lipinski definition) is 4. The molecule has 168 valence electrons. The van der Waals surface area contributed by atoms with Crippen LogP contribution in [0.4, 0.5) is 0 Å². The van der Waals surface area contributed by atoms with Gasteiger partial charge in [-0.1, -0.05) is 23.8 Å². The molecule has 1 amide bonds. The first kappa shape index (κ1) is 22.3. The number of carbonyl (C=O) groups excluding carboxylic acids is 1. The molecule has 2 heterocycles. The number of aryl methyl sites for hydroxylation is 1. The average molecular weight is 450 g/mol. The van der Waals surface area contributed by atoms with Crippen LogP contribution >= 0.6 is 11.3 Å². The summed E-state index contributed by atoms with van der Waals surface area (Å²) < 4.78 is 7.47. The molecule has 1 aliphatic rings. The number of amides is 1. The van der Waals surface area contributed by atoms with Crippen molar-refractivity contribution in [1.82, 2.24) is 14.9 Å². The number of nitrogens with one attached hydrogen (secondary N) is 1. The van der Waals surface area contributed by atoms with Crippen molar-refractivity contribution >= 4 is 17.2 Å². The minimum atomic E-state index is -0.0133. The van der Waals surface area contributed by atoms with E-state index in [0.29, 0.717) is 13.1 Å². The van der Waals surface area contributed by atoms with Crippen LogP contribution in [0, 0.1) is 13.8 Å². The number of hydrogen-bond donors (Lipinski definition) is 1. The highest BCUT2D eigenvalue weighted by Gasteiger charge is 2.20. The molecule has 0 spiro atoms. The lowest BCUT2D eigenvalue weighted by atomic mass is 9.97.